The minimum Gasteiger partial charge on any atom is -0.401 e. The molecule has 2 nitrogen and oxygen atoms in total. The van der Waals surface area contributed by atoms with Crippen molar-refractivity contribution in [2.45, 2.75) is 19.4 Å². The number of allylic oxidation sites excluding steroid dienone is 1. The van der Waals surface area contributed by atoms with Crippen molar-refractivity contribution in [1.82, 2.24) is 0 Å². The molecule has 0 aromatic heterocycles. The molecule has 0 heterocycles. The molecule has 0 aromatic rings. The van der Waals surface area contributed by atoms with E-state index >= 15 is 0 Å². The molecule has 0 rings (SSSR count). The predicted molar refractivity (Wildman–Crippen MR) is 40.7 cm³/mol. The summed E-state index contributed by atoms with van der Waals surface area (Å²) >= 11 is 0. The van der Waals surface area contributed by atoms with Gasteiger partial charge in [0.1, 0.15) is 0 Å². The SMILES string of the molecule is C=C(N)C(N)C/C=C/C. The number of hydrogen-bond acceptors (Lipinski definition) is 2. The molecule has 0 spiro atoms. The lowest BCUT2D eigenvalue weighted by Crippen LogP contribution is -2.25. The maximum atomic E-state index is 5.53. The van der Waals surface area contributed by atoms with Gasteiger partial charge in [0.15, 0.2) is 0 Å². The predicted octanol–water partition coefficient (Wildman–Crippen LogP) is 0.752. The molecule has 0 fully saturated rings. The second-order valence-electron chi connectivity index (χ2n) is 1.99. The van der Waals surface area contributed by atoms with Crippen LogP contribution in [0.4, 0.5) is 0 Å². The molecule has 0 aliphatic rings. The normalized spacial score (nSPS) is 14.0. The smallest absolute Gasteiger partial charge is 0.0471 e. The molecular formula is C7H14N2. The third-order valence-electron chi connectivity index (χ3n) is 1.10. The van der Waals surface area contributed by atoms with Crippen LogP contribution in [0.2, 0.25) is 0 Å². The third-order valence-corrected chi connectivity index (χ3v) is 1.10. The highest BCUT2D eigenvalue weighted by molar-refractivity contribution is 5.01. The Bertz CT molecular complexity index is 116. The first-order valence-electron chi connectivity index (χ1n) is 2.99. The summed E-state index contributed by atoms with van der Waals surface area (Å²) in [5, 5.41) is 0. The molecule has 0 amide bonds. The van der Waals surface area contributed by atoms with Crippen LogP contribution in [0.25, 0.3) is 0 Å². The zero-order chi connectivity index (χ0) is 7.28. The quantitative estimate of drug-likeness (QED) is 0.548. The van der Waals surface area contributed by atoms with Gasteiger partial charge in [-0.3, -0.25) is 0 Å². The van der Waals surface area contributed by atoms with Gasteiger partial charge in [0.05, 0.1) is 0 Å². The fraction of sp³-hybridized carbons (Fsp3) is 0.429. The lowest BCUT2D eigenvalue weighted by molar-refractivity contribution is 0.776. The van der Waals surface area contributed by atoms with Crippen LogP contribution in [0.5, 0.6) is 0 Å². The zero-order valence-electron chi connectivity index (χ0n) is 5.80. The molecule has 0 radical (unpaired) electrons. The summed E-state index contributed by atoms with van der Waals surface area (Å²) < 4.78 is 0. The average molecular weight is 126 g/mol. The Morgan fingerprint density at radius 2 is 2.33 bits per heavy atom. The minimum atomic E-state index is -0.0822. The molecule has 52 valence electrons. The number of nitrogens with two attached hydrogens (primary N) is 2. The maximum Gasteiger partial charge on any atom is 0.0471 e. The van der Waals surface area contributed by atoms with E-state index in [1.807, 2.05) is 19.1 Å². The lowest BCUT2D eigenvalue weighted by atomic mass is 10.2. The Morgan fingerprint density at radius 3 is 2.67 bits per heavy atom. The molecule has 0 aromatic carbocycles. The van der Waals surface area contributed by atoms with Gasteiger partial charge in [0.2, 0.25) is 0 Å². The number of rotatable bonds is 3. The van der Waals surface area contributed by atoms with Crippen molar-refractivity contribution in [2.24, 2.45) is 11.5 Å². The van der Waals surface area contributed by atoms with E-state index in [1.54, 1.807) is 0 Å². The van der Waals surface area contributed by atoms with E-state index < -0.39 is 0 Å². The molecule has 0 bridgehead atoms. The second-order valence-corrected chi connectivity index (χ2v) is 1.99. The van der Waals surface area contributed by atoms with Crippen molar-refractivity contribution >= 4 is 0 Å². The minimum absolute atomic E-state index is 0.0822. The molecule has 2 heteroatoms. The van der Waals surface area contributed by atoms with E-state index in [0.29, 0.717) is 5.70 Å². The molecule has 0 aliphatic carbocycles. The van der Waals surface area contributed by atoms with Crippen molar-refractivity contribution in [1.29, 1.82) is 0 Å². The van der Waals surface area contributed by atoms with Gasteiger partial charge < -0.3 is 11.5 Å². The van der Waals surface area contributed by atoms with Crippen molar-refractivity contribution in [3.63, 3.8) is 0 Å². The molecule has 4 N–H and O–H groups in total. The Labute approximate surface area is 56.2 Å². The Kier molecular flexibility index (Phi) is 3.80. The maximum absolute atomic E-state index is 5.53. The summed E-state index contributed by atoms with van der Waals surface area (Å²) in [6, 6.07) is -0.0822. The summed E-state index contributed by atoms with van der Waals surface area (Å²) in [6.45, 7) is 5.48. The van der Waals surface area contributed by atoms with E-state index in [1.165, 1.54) is 0 Å². The Morgan fingerprint density at radius 1 is 1.78 bits per heavy atom. The molecule has 0 saturated carbocycles. The van der Waals surface area contributed by atoms with E-state index in [9.17, 15) is 0 Å². The van der Waals surface area contributed by atoms with E-state index in [4.69, 9.17) is 11.5 Å². The van der Waals surface area contributed by atoms with Crippen LogP contribution < -0.4 is 11.5 Å². The van der Waals surface area contributed by atoms with Crippen molar-refractivity contribution in [2.75, 3.05) is 0 Å². The fourth-order valence-electron chi connectivity index (χ4n) is 0.434. The van der Waals surface area contributed by atoms with Crippen LogP contribution in [0.1, 0.15) is 13.3 Å². The van der Waals surface area contributed by atoms with Gasteiger partial charge in [-0.2, -0.15) is 0 Å². The molecule has 0 aliphatic heterocycles. The van der Waals surface area contributed by atoms with E-state index in [-0.39, 0.29) is 6.04 Å². The van der Waals surface area contributed by atoms with Crippen LogP contribution in [0.15, 0.2) is 24.4 Å². The summed E-state index contributed by atoms with van der Waals surface area (Å²) in [5.41, 5.74) is 11.4. The monoisotopic (exact) mass is 126 g/mol. The van der Waals surface area contributed by atoms with Crippen molar-refractivity contribution in [3.8, 4) is 0 Å². The fourth-order valence-corrected chi connectivity index (χ4v) is 0.434. The van der Waals surface area contributed by atoms with Gasteiger partial charge in [-0.15, -0.1) is 0 Å². The van der Waals surface area contributed by atoms with E-state index in [2.05, 4.69) is 6.58 Å². The standard InChI is InChI=1S/C7H14N2/c1-3-4-5-7(9)6(2)8/h3-4,7H,2,5,8-9H2,1H3/b4-3+. The van der Waals surface area contributed by atoms with Gasteiger partial charge in [-0.05, 0) is 13.3 Å². The van der Waals surface area contributed by atoms with E-state index in [0.717, 1.165) is 6.42 Å². The molecule has 0 saturated heterocycles. The van der Waals surface area contributed by atoms with Crippen LogP contribution in [0, 0.1) is 0 Å². The van der Waals surface area contributed by atoms with Crippen LogP contribution in [0.3, 0.4) is 0 Å². The van der Waals surface area contributed by atoms with Gasteiger partial charge >= 0.3 is 0 Å². The molecule has 1 unspecified atom stereocenters. The largest absolute Gasteiger partial charge is 0.401 e. The van der Waals surface area contributed by atoms with Crippen molar-refractivity contribution in [3.05, 3.63) is 24.4 Å². The lowest BCUT2D eigenvalue weighted by Gasteiger charge is -2.05. The molecule has 1 atom stereocenters. The summed E-state index contributed by atoms with van der Waals surface area (Å²) in [5.74, 6) is 0. The first kappa shape index (κ1) is 8.24. The topological polar surface area (TPSA) is 52.0 Å². The summed E-state index contributed by atoms with van der Waals surface area (Å²) in [4.78, 5) is 0. The third kappa shape index (κ3) is 3.79. The van der Waals surface area contributed by atoms with Crippen LogP contribution >= 0.6 is 0 Å². The first-order valence-corrected chi connectivity index (χ1v) is 2.99. The van der Waals surface area contributed by atoms with Gasteiger partial charge in [-0.1, -0.05) is 18.7 Å². The highest BCUT2D eigenvalue weighted by atomic mass is 14.7. The second kappa shape index (κ2) is 4.15. The van der Waals surface area contributed by atoms with Crippen LogP contribution in [-0.2, 0) is 0 Å². The van der Waals surface area contributed by atoms with Crippen molar-refractivity contribution < 1.29 is 0 Å². The Balaban J connectivity index is 3.50. The number of hydrogen-bond donors (Lipinski definition) is 2. The van der Waals surface area contributed by atoms with Gasteiger partial charge in [-0.25, -0.2) is 0 Å². The van der Waals surface area contributed by atoms with Gasteiger partial charge in [0.25, 0.3) is 0 Å². The summed E-state index contributed by atoms with van der Waals surface area (Å²) in [7, 11) is 0. The Hall–Kier alpha value is -0.760. The van der Waals surface area contributed by atoms with Crippen LogP contribution in [-0.4, -0.2) is 6.04 Å². The average Bonchev–Trinajstić information content (AvgIpc) is 1.82. The highest BCUT2D eigenvalue weighted by Crippen LogP contribution is 1.94. The molecular weight excluding hydrogens is 112 g/mol. The first-order chi connectivity index (χ1) is 4.18. The highest BCUT2D eigenvalue weighted by Gasteiger charge is 1.97. The zero-order valence-corrected chi connectivity index (χ0v) is 5.80. The molecule has 9 heavy (non-hydrogen) atoms. The summed E-state index contributed by atoms with van der Waals surface area (Å²) in [6.07, 6.45) is 4.71. The van der Waals surface area contributed by atoms with Gasteiger partial charge in [0, 0.05) is 11.7 Å².